The van der Waals surface area contributed by atoms with Crippen LogP contribution in [0.25, 0.3) is 0 Å². The number of hydrogen-bond acceptors (Lipinski definition) is 3. The summed E-state index contributed by atoms with van der Waals surface area (Å²) in [6.07, 6.45) is 9.34. The minimum absolute atomic E-state index is 0.340. The number of nitrogens with two attached hydrogens (primary N) is 1. The fourth-order valence-corrected chi connectivity index (χ4v) is 3.77. The molecule has 19 heavy (non-hydrogen) atoms. The molecule has 0 bridgehead atoms. The van der Waals surface area contributed by atoms with Gasteiger partial charge in [-0.25, -0.2) is 0 Å². The van der Waals surface area contributed by atoms with Gasteiger partial charge in [0.15, 0.2) is 0 Å². The van der Waals surface area contributed by atoms with E-state index < -0.39 is 0 Å². The molecule has 1 aromatic heterocycles. The van der Waals surface area contributed by atoms with Crippen LogP contribution in [0.15, 0.2) is 24.4 Å². The maximum Gasteiger partial charge on any atom is 0.0419 e. The van der Waals surface area contributed by atoms with Crippen LogP contribution in [0.1, 0.15) is 51.6 Å². The van der Waals surface area contributed by atoms with Crippen LogP contribution in [0, 0.1) is 11.3 Å². The maximum absolute atomic E-state index is 5.88. The van der Waals surface area contributed by atoms with Gasteiger partial charge in [-0.05, 0) is 42.7 Å². The van der Waals surface area contributed by atoms with Crippen LogP contribution in [0.2, 0.25) is 0 Å². The molecule has 1 heterocycles. The highest BCUT2D eigenvalue weighted by Crippen LogP contribution is 2.46. The molecule has 1 fully saturated rings. The number of hydrazine groups is 1. The molecule has 1 unspecified atom stereocenters. The summed E-state index contributed by atoms with van der Waals surface area (Å²) < 4.78 is 0. The molecule has 2 rings (SSSR count). The van der Waals surface area contributed by atoms with E-state index in [1.165, 1.54) is 32.1 Å². The minimum atomic E-state index is 0.340. The van der Waals surface area contributed by atoms with Gasteiger partial charge in [0.05, 0.1) is 0 Å². The molecule has 0 radical (unpaired) electrons. The van der Waals surface area contributed by atoms with E-state index in [0.717, 1.165) is 18.0 Å². The van der Waals surface area contributed by atoms with Gasteiger partial charge in [-0.2, -0.15) is 0 Å². The molecule has 3 heteroatoms. The summed E-state index contributed by atoms with van der Waals surface area (Å²) in [6.45, 7) is 4.63. The Labute approximate surface area is 117 Å². The minimum Gasteiger partial charge on any atom is -0.271 e. The molecule has 1 aliphatic carbocycles. The van der Waals surface area contributed by atoms with Crippen molar-refractivity contribution in [3.63, 3.8) is 0 Å². The van der Waals surface area contributed by atoms with Crippen molar-refractivity contribution in [3.05, 3.63) is 30.1 Å². The van der Waals surface area contributed by atoms with Crippen molar-refractivity contribution in [1.82, 2.24) is 10.4 Å². The van der Waals surface area contributed by atoms with Crippen LogP contribution in [-0.2, 0) is 6.42 Å². The van der Waals surface area contributed by atoms with Crippen LogP contribution >= 0.6 is 0 Å². The predicted octanol–water partition coefficient (Wildman–Crippen LogP) is 3.06. The Bertz CT molecular complexity index is 369. The van der Waals surface area contributed by atoms with E-state index in [4.69, 9.17) is 5.84 Å². The summed E-state index contributed by atoms with van der Waals surface area (Å²) in [4.78, 5) is 4.45. The maximum atomic E-state index is 5.88. The lowest BCUT2D eigenvalue weighted by Gasteiger charge is -2.38. The van der Waals surface area contributed by atoms with Gasteiger partial charge in [-0.15, -0.1) is 0 Å². The third-order valence-corrected chi connectivity index (χ3v) is 4.49. The van der Waals surface area contributed by atoms with Gasteiger partial charge in [0.2, 0.25) is 0 Å². The third kappa shape index (κ3) is 3.54. The highest BCUT2D eigenvalue weighted by Gasteiger charge is 2.41. The standard InChI is InChI=1S/C16H27N3/c1-13(2)12-16(8-4-5-9-16)15(19-17)11-14-7-3-6-10-18-14/h3,6-7,10,13,15,19H,4-5,8-9,11-12,17H2,1-2H3. The summed E-state index contributed by atoms with van der Waals surface area (Å²) in [6, 6.07) is 6.46. The van der Waals surface area contributed by atoms with Crippen LogP contribution in [0.3, 0.4) is 0 Å². The van der Waals surface area contributed by atoms with E-state index in [0.29, 0.717) is 11.5 Å². The number of nitrogens with zero attached hydrogens (tertiary/aromatic N) is 1. The van der Waals surface area contributed by atoms with Gasteiger partial charge in [-0.3, -0.25) is 16.3 Å². The molecule has 3 nitrogen and oxygen atoms in total. The molecule has 3 N–H and O–H groups in total. The third-order valence-electron chi connectivity index (χ3n) is 4.49. The molecular formula is C16H27N3. The largest absolute Gasteiger partial charge is 0.271 e. The van der Waals surface area contributed by atoms with Crippen molar-refractivity contribution in [2.24, 2.45) is 17.2 Å². The molecule has 0 spiro atoms. The Morgan fingerprint density at radius 2 is 2.05 bits per heavy atom. The molecular weight excluding hydrogens is 234 g/mol. The Balaban J connectivity index is 2.13. The fraction of sp³-hybridized carbons (Fsp3) is 0.688. The fourth-order valence-electron chi connectivity index (χ4n) is 3.77. The van der Waals surface area contributed by atoms with Gasteiger partial charge in [0.25, 0.3) is 0 Å². The first-order valence-corrected chi connectivity index (χ1v) is 7.52. The van der Waals surface area contributed by atoms with E-state index in [-0.39, 0.29) is 0 Å². The molecule has 106 valence electrons. The van der Waals surface area contributed by atoms with Crippen molar-refractivity contribution in [1.29, 1.82) is 0 Å². The lowest BCUT2D eigenvalue weighted by molar-refractivity contribution is 0.153. The highest BCUT2D eigenvalue weighted by atomic mass is 15.2. The molecule has 0 saturated heterocycles. The Hall–Kier alpha value is -0.930. The van der Waals surface area contributed by atoms with Crippen molar-refractivity contribution < 1.29 is 0 Å². The van der Waals surface area contributed by atoms with Crippen molar-refractivity contribution in [2.75, 3.05) is 0 Å². The number of nitrogens with one attached hydrogen (secondary N) is 1. The van der Waals surface area contributed by atoms with E-state index in [1.54, 1.807) is 0 Å². The number of aromatic nitrogens is 1. The average molecular weight is 261 g/mol. The van der Waals surface area contributed by atoms with Crippen molar-refractivity contribution >= 4 is 0 Å². The Morgan fingerprint density at radius 1 is 1.32 bits per heavy atom. The first-order valence-electron chi connectivity index (χ1n) is 7.52. The van der Waals surface area contributed by atoms with Crippen molar-refractivity contribution in [2.45, 2.75) is 58.4 Å². The van der Waals surface area contributed by atoms with Crippen LogP contribution in [0.4, 0.5) is 0 Å². The SMILES string of the molecule is CC(C)CC1(C(Cc2ccccn2)NN)CCCC1. The molecule has 0 amide bonds. The average Bonchev–Trinajstić information content (AvgIpc) is 2.85. The zero-order valence-electron chi connectivity index (χ0n) is 12.2. The topological polar surface area (TPSA) is 50.9 Å². The predicted molar refractivity (Wildman–Crippen MR) is 79.4 cm³/mol. The van der Waals surface area contributed by atoms with Gasteiger partial charge >= 0.3 is 0 Å². The van der Waals surface area contributed by atoms with Gasteiger partial charge in [-0.1, -0.05) is 32.8 Å². The van der Waals surface area contributed by atoms with Crippen LogP contribution in [-0.4, -0.2) is 11.0 Å². The van der Waals surface area contributed by atoms with Crippen molar-refractivity contribution in [3.8, 4) is 0 Å². The van der Waals surface area contributed by atoms with E-state index in [9.17, 15) is 0 Å². The Kier molecular flexibility index (Phi) is 4.94. The number of hydrogen-bond donors (Lipinski definition) is 2. The van der Waals surface area contributed by atoms with E-state index in [2.05, 4.69) is 36.4 Å². The summed E-state index contributed by atoms with van der Waals surface area (Å²) in [5, 5.41) is 0. The quantitative estimate of drug-likeness (QED) is 0.611. The second-order valence-corrected chi connectivity index (χ2v) is 6.41. The van der Waals surface area contributed by atoms with Crippen LogP contribution < -0.4 is 11.3 Å². The number of rotatable bonds is 6. The molecule has 1 atom stereocenters. The molecule has 0 aliphatic heterocycles. The molecule has 0 aromatic carbocycles. The zero-order valence-corrected chi connectivity index (χ0v) is 12.2. The zero-order chi connectivity index (χ0) is 13.7. The Morgan fingerprint density at radius 3 is 2.58 bits per heavy atom. The first-order chi connectivity index (χ1) is 9.16. The second-order valence-electron chi connectivity index (χ2n) is 6.41. The summed E-state index contributed by atoms with van der Waals surface area (Å²) >= 11 is 0. The number of pyridine rings is 1. The van der Waals surface area contributed by atoms with E-state index in [1.807, 2.05) is 12.3 Å². The van der Waals surface area contributed by atoms with Gasteiger partial charge < -0.3 is 0 Å². The summed E-state index contributed by atoms with van der Waals surface area (Å²) in [5.41, 5.74) is 4.60. The normalized spacial score (nSPS) is 19.8. The summed E-state index contributed by atoms with van der Waals surface area (Å²) in [5.74, 6) is 6.60. The molecule has 1 aromatic rings. The smallest absolute Gasteiger partial charge is 0.0419 e. The summed E-state index contributed by atoms with van der Waals surface area (Å²) in [7, 11) is 0. The molecule has 1 saturated carbocycles. The highest BCUT2D eigenvalue weighted by molar-refractivity contribution is 5.08. The lowest BCUT2D eigenvalue weighted by atomic mass is 9.71. The lowest BCUT2D eigenvalue weighted by Crippen LogP contribution is -2.49. The van der Waals surface area contributed by atoms with Crippen LogP contribution in [0.5, 0.6) is 0 Å². The van der Waals surface area contributed by atoms with Gasteiger partial charge in [0, 0.05) is 24.4 Å². The molecule has 1 aliphatic rings. The van der Waals surface area contributed by atoms with Gasteiger partial charge in [0.1, 0.15) is 0 Å². The van der Waals surface area contributed by atoms with E-state index >= 15 is 0 Å². The monoisotopic (exact) mass is 261 g/mol. The first kappa shape index (κ1) is 14.5. The second kappa shape index (κ2) is 6.49.